The molecule has 0 aromatic carbocycles. The predicted octanol–water partition coefficient (Wildman–Crippen LogP) is 2.25. The molecule has 0 aliphatic rings. The first-order chi connectivity index (χ1) is 9.06. The fraction of sp³-hybridized carbons (Fsp3) is 0.429. The number of hydrogen-bond acceptors (Lipinski definition) is 4. The lowest BCUT2D eigenvalue weighted by Gasteiger charge is -2.11. The largest absolute Gasteiger partial charge is 0.437 e. The normalized spacial score (nSPS) is 10.8. The Morgan fingerprint density at radius 3 is 2.68 bits per heavy atom. The Hall–Kier alpha value is -1.88. The molecule has 0 aliphatic carbocycles. The van der Waals surface area contributed by atoms with E-state index < -0.39 is 0 Å². The first-order valence-corrected chi connectivity index (χ1v) is 6.43. The number of ether oxygens (including phenoxy) is 1. The topological polar surface area (TPSA) is 66.0 Å². The molecule has 0 amide bonds. The molecule has 2 aromatic heterocycles. The molecule has 19 heavy (non-hydrogen) atoms. The summed E-state index contributed by atoms with van der Waals surface area (Å²) in [5.74, 6) is 1.46. The van der Waals surface area contributed by atoms with E-state index in [2.05, 4.69) is 17.0 Å². The highest BCUT2D eigenvalue weighted by molar-refractivity contribution is 5.38. The second-order valence-corrected chi connectivity index (χ2v) is 4.55. The van der Waals surface area contributed by atoms with E-state index in [-0.39, 0.29) is 0 Å². The lowest BCUT2D eigenvalue weighted by atomic mass is 10.2. The molecule has 2 aromatic rings. The smallest absolute Gasteiger partial charge is 0.222 e. The van der Waals surface area contributed by atoms with Crippen LogP contribution in [0.4, 0.5) is 0 Å². The summed E-state index contributed by atoms with van der Waals surface area (Å²) in [5, 5.41) is 4.34. The molecule has 0 atom stereocenters. The van der Waals surface area contributed by atoms with Gasteiger partial charge in [-0.05, 0) is 32.4 Å². The zero-order valence-corrected chi connectivity index (χ0v) is 11.9. The van der Waals surface area contributed by atoms with Gasteiger partial charge in [0.1, 0.15) is 0 Å². The third-order valence-electron chi connectivity index (χ3n) is 3.11. The van der Waals surface area contributed by atoms with Gasteiger partial charge in [-0.15, -0.1) is 0 Å². The van der Waals surface area contributed by atoms with Crippen LogP contribution in [0.1, 0.15) is 29.6 Å². The van der Waals surface area contributed by atoms with Crippen molar-refractivity contribution in [2.75, 3.05) is 0 Å². The van der Waals surface area contributed by atoms with Crippen LogP contribution in [-0.4, -0.2) is 14.8 Å². The zero-order chi connectivity index (χ0) is 14.0. The van der Waals surface area contributed by atoms with Gasteiger partial charge >= 0.3 is 0 Å². The standard InChI is InChI=1S/C14H20N4O/c1-5-12-13(7-6-9(2)16-12)19-14-11(8-15)10(3)17-18(14)4/h6-7H,5,8,15H2,1-4H3. The van der Waals surface area contributed by atoms with Crippen LogP contribution in [0.2, 0.25) is 0 Å². The van der Waals surface area contributed by atoms with Gasteiger partial charge in [0.05, 0.1) is 17.0 Å². The van der Waals surface area contributed by atoms with E-state index in [0.29, 0.717) is 12.4 Å². The highest BCUT2D eigenvalue weighted by Gasteiger charge is 2.15. The van der Waals surface area contributed by atoms with Gasteiger partial charge in [0.25, 0.3) is 0 Å². The Morgan fingerprint density at radius 1 is 1.32 bits per heavy atom. The molecule has 5 heteroatoms. The Balaban J connectivity index is 2.41. The van der Waals surface area contributed by atoms with Crippen molar-refractivity contribution in [3.63, 3.8) is 0 Å². The molecule has 2 heterocycles. The molecule has 5 nitrogen and oxygen atoms in total. The quantitative estimate of drug-likeness (QED) is 0.915. The van der Waals surface area contributed by atoms with Gasteiger partial charge in [0, 0.05) is 19.3 Å². The minimum atomic E-state index is 0.412. The molecule has 0 unspecified atom stereocenters. The van der Waals surface area contributed by atoms with Gasteiger partial charge in [0.2, 0.25) is 5.88 Å². The molecule has 0 aliphatic heterocycles. The predicted molar refractivity (Wildman–Crippen MR) is 74.3 cm³/mol. The van der Waals surface area contributed by atoms with Gasteiger partial charge in [-0.1, -0.05) is 6.92 Å². The number of aromatic nitrogens is 3. The average molecular weight is 260 g/mol. The van der Waals surface area contributed by atoms with Crippen LogP contribution < -0.4 is 10.5 Å². The fourth-order valence-electron chi connectivity index (χ4n) is 2.09. The van der Waals surface area contributed by atoms with Gasteiger partial charge in [0.15, 0.2) is 5.75 Å². The van der Waals surface area contributed by atoms with Crippen LogP contribution in [0.25, 0.3) is 0 Å². The van der Waals surface area contributed by atoms with Gasteiger partial charge < -0.3 is 10.5 Å². The van der Waals surface area contributed by atoms with Crippen LogP contribution >= 0.6 is 0 Å². The summed E-state index contributed by atoms with van der Waals surface area (Å²) in [4.78, 5) is 4.49. The Labute approximate surface area is 113 Å². The lowest BCUT2D eigenvalue weighted by Crippen LogP contribution is -2.03. The number of nitrogens with zero attached hydrogens (tertiary/aromatic N) is 3. The van der Waals surface area contributed by atoms with E-state index in [9.17, 15) is 0 Å². The summed E-state index contributed by atoms with van der Waals surface area (Å²) < 4.78 is 7.71. The molecule has 0 fully saturated rings. The van der Waals surface area contributed by atoms with Crippen molar-refractivity contribution in [2.24, 2.45) is 12.8 Å². The highest BCUT2D eigenvalue weighted by Crippen LogP contribution is 2.29. The minimum Gasteiger partial charge on any atom is -0.437 e. The SMILES string of the molecule is CCc1nc(C)ccc1Oc1c(CN)c(C)nn1C. The zero-order valence-electron chi connectivity index (χ0n) is 11.9. The third kappa shape index (κ3) is 2.61. The van der Waals surface area contributed by atoms with E-state index in [4.69, 9.17) is 10.5 Å². The van der Waals surface area contributed by atoms with E-state index in [0.717, 1.165) is 34.8 Å². The molecule has 102 valence electrons. The second-order valence-electron chi connectivity index (χ2n) is 4.55. The number of aryl methyl sites for hydroxylation is 4. The maximum Gasteiger partial charge on any atom is 0.222 e. The van der Waals surface area contributed by atoms with E-state index in [1.54, 1.807) is 4.68 Å². The number of nitrogens with two attached hydrogens (primary N) is 1. The molecule has 0 saturated heterocycles. The maximum atomic E-state index is 5.99. The van der Waals surface area contributed by atoms with Crippen molar-refractivity contribution in [1.82, 2.24) is 14.8 Å². The first-order valence-electron chi connectivity index (χ1n) is 6.43. The Morgan fingerprint density at radius 2 is 2.05 bits per heavy atom. The number of pyridine rings is 1. The van der Waals surface area contributed by atoms with E-state index >= 15 is 0 Å². The summed E-state index contributed by atoms with van der Waals surface area (Å²) in [5.41, 5.74) is 9.54. The molecule has 0 saturated carbocycles. The molecule has 0 radical (unpaired) electrons. The minimum absolute atomic E-state index is 0.412. The lowest BCUT2D eigenvalue weighted by molar-refractivity contribution is 0.419. The molecule has 0 bridgehead atoms. The third-order valence-corrected chi connectivity index (χ3v) is 3.11. The summed E-state index contributed by atoms with van der Waals surface area (Å²) in [6, 6.07) is 3.89. The van der Waals surface area contributed by atoms with Crippen LogP contribution in [0.5, 0.6) is 11.6 Å². The van der Waals surface area contributed by atoms with Crippen molar-refractivity contribution in [3.8, 4) is 11.6 Å². The first kappa shape index (κ1) is 13.5. The average Bonchev–Trinajstić information content (AvgIpc) is 2.65. The van der Waals surface area contributed by atoms with Crippen LogP contribution in [-0.2, 0) is 20.0 Å². The second kappa shape index (κ2) is 5.40. The molecular weight excluding hydrogens is 240 g/mol. The van der Waals surface area contributed by atoms with Crippen molar-refractivity contribution in [2.45, 2.75) is 33.7 Å². The Kier molecular flexibility index (Phi) is 3.85. The summed E-state index contributed by atoms with van der Waals surface area (Å²) in [6.45, 7) is 6.38. The van der Waals surface area contributed by atoms with Crippen LogP contribution in [0, 0.1) is 13.8 Å². The molecular formula is C14H20N4O. The van der Waals surface area contributed by atoms with Crippen LogP contribution in [0.3, 0.4) is 0 Å². The van der Waals surface area contributed by atoms with Gasteiger partial charge in [-0.25, -0.2) is 4.68 Å². The summed E-state index contributed by atoms with van der Waals surface area (Å²) in [6.07, 6.45) is 0.825. The fourth-order valence-corrected chi connectivity index (χ4v) is 2.09. The molecule has 2 N–H and O–H groups in total. The van der Waals surface area contributed by atoms with E-state index in [1.807, 2.05) is 33.0 Å². The van der Waals surface area contributed by atoms with Gasteiger partial charge in [-0.3, -0.25) is 4.98 Å². The van der Waals surface area contributed by atoms with Crippen molar-refractivity contribution in [1.29, 1.82) is 0 Å². The molecule has 0 spiro atoms. The number of hydrogen-bond donors (Lipinski definition) is 1. The monoisotopic (exact) mass is 260 g/mol. The summed E-state index contributed by atoms with van der Waals surface area (Å²) in [7, 11) is 1.86. The summed E-state index contributed by atoms with van der Waals surface area (Å²) >= 11 is 0. The van der Waals surface area contributed by atoms with Gasteiger partial charge in [-0.2, -0.15) is 5.10 Å². The number of rotatable bonds is 4. The van der Waals surface area contributed by atoms with E-state index in [1.165, 1.54) is 0 Å². The van der Waals surface area contributed by atoms with Crippen molar-refractivity contribution < 1.29 is 4.74 Å². The maximum absolute atomic E-state index is 5.99. The highest BCUT2D eigenvalue weighted by atomic mass is 16.5. The van der Waals surface area contributed by atoms with Crippen molar-refractivity contribution in [3.05, 3.63) is 34.8 Å². The van der Waals surface area contributed by atoms with Crippen molar-refractivity contribution >= 4 is 0 Å². The van der Waals surface area contributed by atoms with Crippen LogP contribution in [0.15, 0.2) is 12.1 Å². The molecule has 2 rings (SSSR count). The Bertz CT molecular complexity index is 589.